The fourth-order valence-corrected chi connectivity index (χ4v) is 3.30. The van der Waals surface area contributed by atoms with Crippen LogP contribution in [0.2, 0.25) is 0 Å². The summed E-state index contributed by atoms with van der Waals surface area (Å²) in [5.74, 6) is 0.731. The molecule has 0 radical (unpaired) electrons. The predicted molar refractivity (Wildman–Crippen MR) is 113 cm³/mol. The Labute approximate surface area is 174 Å². The average molecular weight is 443 g/mol. The summed E-state index contributed by atoms with van der Waals surface area (Å²) in [6.07, 6.45) is 3.21. The number of amides is 1. The SMILES string of the molecule is CCOc1cc(/C=C(/C#N)C(=O)NCCCc2ccccc2)cc(Br)c1OC. The number of halogens is 1. The predicted octanol–water partition coefficient (Wildman–Crippen LogP) is 4.51. The van der Waals surface area contributed by atoms with Gasteiger partial charge in [0.1, 0.15) is 11.6 Å². The minimum atomic E-state index is -0.388. The highest BCUT2D eigenvalue weighted by Crippen LogP contribution is 2.37. The van der Waals surface area contributed by atoms with Gasteiger partial charge in [-0.2, -0.15) is 5.26 Å². The normalized spacial score (nSPS) is 10.9. The fraction of sp³-hybridized carbons (Fsp3) is 0.273. The van der Waals surface area contributed by atoms with Gasteiger partial charge >= 0.3 is 0 Å². The summed E-state index contributed by atoms with van der Waals surface area (Å²) in [4.78, 5) is 12.3. The Morgan fingerprint density at radius 3 is 2.68 bits per heavy atom. The van der Waals surface area contributed by atoms with Gasteiger partial charge in [-0.15, -0.1) is 0 Å². The van der Waals surface area contributed by atoms with E-state index in [4.69, 9.17) is 9.47 Å². The third-order valence-corrected chi connectivity index (χ3v) is 4.57. The molecule has 2 aromatic carbocycles. The molecule has 0 aliphatic heterocycles. The first-order valence-corrected chi connectivity index (χ1v) is 9.82. The number of nitriles is 1. The number of nitrogens with one attached hydrogen (secondary N) is 1. The van der Waals surface area contributed by atoms with E-state index < -0.39 is 0 Å². The lowest BCUT2D eigenvalue weighted by Crippen LogP contribution is -2.25. The Hall–Kier alpha value is -2.78. The van der Waals surface area contributed by atoms with Crippen LogP contribution in [0.25, 0.3) is 6.08 Å². The number of benzene rings is 2. The first kappa shape index (κ1) is 21.5. The summed E-state index contributed by atoms with van der Waals surface area (Å²) >= 11 is 3.43. The van der Waals surface area contributed by atoms with Crippen molar-refractivity contribution in [2.24, 2.45) is 0 Å². The molecule has 2 rings (SSSR count). The summed E-state index contributed by atoms with van der Waals surface area (Å²) in [6.45, 7) is 2.85. The van der Waals surface area contributed by atoms with Crippen molar-refractivity contribution in [1.29, 1.82) is 5.26 Å². The minimum Gasteiger partial charge on any atom is -0.492 e. The number of ether oxygens (including phenoxy) is 2. The maximum Gasteiger partial charge on any atom is 0.261 e. The molecule has 0 saturated heterocycles. The van der Waals surface area contributed by atoms with E-state index in [2.05, 4.69) is 33.4 Å². The summed E-state index contributed by atoms with van der Waals surface area (Å²) in [5, 5.41) is 12.2. The summed E-state index contributed by atoms with van der Waals surface area (Å²) in [5.41, 5.74) is 1.94. The number of nitrogens with zero attached hydrogens (tertiary/aromatic N) is 1. The molecule has 5 nitrogen and oxygen atoms in total. The highest BCUT2D eigenvalue weighted by atomic mass is 79.9. The van der Waals surface area contributed by atoms with Gasteiger partial charge in [0.2, 0.25) is 0 Å². The molecule has 146 valence electrons. The van der Waals surface area contributed by atoms with Gasteiger partial charge in [-0.1, -0.05) is 30.3 Å². The zero-order valence-corrected chi connectivity index (χ0v) is 17.6. The van der Waals surface area contributed by atoms with Crippen LogP contribution < -0.4 is 14.8 Å². The van der Waals surface area contributed by atoms with Crippen LogP contribution in [0.1, 0.15) is 24.5 Å². The van der Waals surface area contributed by atoms with E-state index in [0.29, 0.717) is 34.7 Å². The van der Waals surface area contributed by atoms with Crippen LogP contribution in [0.5, 0.6) is 11.5 Å². The molecule has 0 unspecified atom stereocenters. The van der Waals surface area contributed by atoms with Crippen LogP contribution in [-0.4, -0.2) is 26.2 Å². The Morgan fingerprint density at radius 1 is 1.29 bits per heavy atom. The molecule has 1 N–H and O–H groups in total. The third-order valence-electron chi connectivity index (χ3n) is 3.98. The first-order valence-electron chi connectivity index (χ1n) is 9.03. The maximum atomic E-state index is 12.3. The van der Waals surface area contributed by atoms with Crippen LogP contribution in [0.4, 0.5) is 0 Å². The van der Waals surface area contributed by atoms with Crippen molar-refractivity contribution in [3.8, 4) is 17.6 Å². The number of hydrogen-bond donors (Lipinski definition) is 1. The molecule has 0 atom stereocenters. The van der Waals surface area contributed by atoms with Crippen molar-refractivity contribution < 1.29 is 14.3 Å². The highest BCUT2D eigenvalue weighted by Gasteiger charge is 2.13. The van der Waals surface area contributed by atoms with E-state index >= 15 is 0 Å². The molecular formula is C22H23BrN2O3. The number of carbonyl (C=O) groups is 1. The number of rotatable bonds is 9. The molecule has 0 aromatic heterocycles. The smallest absolute Gasteiger partial charge is 0.261 e. The van der Waals surface area contributed by atoms with Crippen LogP contribution in [-0.2, 0) is 11.2 Å². The molecule has 1 amide bonds. The average Bonchev–Trinajstić information content (AvgIpc) is 2.70. The van der Waals surface area contributed by atoms with E-state index in [0.717, 1.165) is 12.8 Å². The number of carbonyl (C=O) groups excluding carboxylic acids is 1. The van der Waals surface area contributed by atoms with Crippen LogP contribution in [0.15, 0.2) is 52.5 Å². The number of methoxy groups -OCH3 is 1. The van der Waals surface area contributed by atoms with E-state index in [1.807, 2.05) is 31.2 Å². The second-order valence-electron chi connectivity index (χ2n) is 5.98. The molecule has 0 fully saturated rings. The summed E-state index contributed by atoms with van der Waals surface area (Å²) in [6, 6.07) is 15.6. The topological polar surface area (TPSA) is 71.3 Å². The number of hydrogen-bond acceptors (Lipinski definition) is 4. The van der Waals surface area contributed by atoms with Gasteiger partial charge in [0.15, 0.2) is 11.5 Å². The molecule has 0 aliphatic carbocycles. The van der Waals surface area contributed by atoms with E-state index in [-0.39, 0.29) is 11.5 Å². The molecule has 0 heterocycles. The van der Waals surface area contributed by atoms with Crippen molar-refractivity contribution in [2.45, 2.75) is 19.8 Å². The largest absolute Gasteiger partial charge is 0.492 e. The Kier molecular flexibility index (Phi) is 8.57. The summed E-state index contributed by atoms with van der Waals surface area (Å²) in [7, 11) is 1.56. The van der Waals surface area contributed by atoms with Gasteiger partial charge in [-0.25, -0.2) is 0 Å². The Bertz CT molecular complexity index is 873. The van der Waals surface area contributed by atoms with Crippen molar-refractivity contribution >= 4 is 27.9 Å². The third kappa shape index (κ3) is 6.14. The van der Waals surface area contributed by atoms with Gasteiger partial charge < -0.3 is 14.8 Å². The van der Waals surface area contributed by atoms with Crippen LogP contribution in [0, 0.1) is 11.3 Å². The fourth-order valence-electron chi connectivity index (χ4n) is 2.68. The zero-order valence-electron chi connectivity index (χ0n) is 16.0. The van der Waals surface area contributed by atoms with Crippen LogP contribution >= 0.6 is 15.9 Å². The second-order valence-corrected chi connectivity index (χ2v) is 6.84. The molecule has 0 saturated carbocycles. The zero-order chi connectivity index (χ0) is 20.4. The van der Waals surface area contributed by atoms with Crippen molar-refractivity contribution in [2.75, 3.05) is 20.3 Å². The number of aryl methyl sites for hydroxylation is 1. The quantitative estimate of drug-likeness (QED) is 0.352. The van der Waals surface area contributed by atoms with Gasteiger partial charge in [-0.05, 0) is 65.0 Å². The van der Waals surface area contributed by atoms with Crippen LogP contribution in [0.3, 0.4) is 0 Å². The standard InChI is InChI=1S/C22H23BrN2O3/c1-3-28-20-14-17(13-19(23)21(20)27-2)12-18(15-24)22(26)25-11-7-10-16-8-5-4-6-9-16/h4-6,8-9,12-14H,3,7,10-11H2,1-2H3,(H,25,26)/b18-12-. The van der Waals surface area contributed by atoms with E-state index in [1.165, 1.54) is 5.56 Å². The highest BCUT2D eigenvalue weighted by molar-refractivity contribution is 9.10. The molecule has 0 aliphatic rings. The molecule has 2 aromatic rings. The molecule has 28 heavy (non-hydrogen) atoms. The second kappa shape index (κ2) is 11.2. The van der Waals surface area contributed by atoms with Crippen molar-refractivity contribution in [3.05, 3.63) is 63.6 Å². The monoisotopic (exact) mass is 442 g/mol. The molecule has 6 heteroatoms. The lowest BCUT2D eigenvalue weighted by atomic mass is 10.1. The lowest BCUT2D eigenvalue weighted by Gasteiger charge is -2.12. The molecule has 0 bridgehead atoms. The maximum absolute atomic E-state index is 12.3. The molecule has 0 spiro atoms. The van der Waals surface area contributed by atoms with Crippen molar-refractivity contribution in [1.82, 2.24) is 5.32 Å². The van der Waals surface area contributed by atoms with Gasteiger partial charge in [0, 0.05) is 6.54 Å². The van der Waals surface area contributed by atoms with Gasteiger partial charge in [0.05, 0.1) is 18.2 Å². The Balaban J connectivity index is 2.04. The van der Waals surface area contributed by atoms with Gasteiger partial charge in [0.25, 0.3) is 5.91 Å². The van der Waals surface area contributed by atoms with E-state index in [9.17, 15) is 10.1 Å². The van der Waals surface area contributed by atoms with Crippen molar-refractivity contribution in [3.63, 3.8) is 0 Å². The molecular weight excluding hydrogens is 420 g/mol. The minimum absolute atomic E-state index is 0.0410. The van der Waals surface area contributed by atoms with Gasteiger partial charge in [-0.3, -0.25) is 4.79 Å². The Morgan fingerprint density at radius 2 is 2.04 bits per heavy atom. The van der Waals surface area contributed by atoms with E-state index in [1.54, 1.807) is 25.3 Å². The summed E-state index contributed by atoms with van der Waals surface area (Å²) < 4.78 is 11.6. The first-order chi connectivity index (χ1) is 13.6. The lowest BCUT2D eigenvalue weighted by molar-refractivity contribution is -0.117.